The van der Waals surface area contributed by atoms with Gasteiger partial charge in [0.05, 0.1) is 13.7 Å². The van der Waals surface area contributed by atoms with Crippen LogP contribution in [0.4, 0.5) is 0 Å². The second-order valence-corrected chi connectivity index (χ2v) is 3.16. The molecule has 1 aromatic rings. The summed E-state index contributed by atoms with van der Waals surface area (Å²) in [6, 6.07) is 3.29. The van der Waals surface area contributed by atoms with Gasteiger partial charge < -0.3 is 19.2 Å². The van der Waals surface area contributed by atoms with Crippen molar-refractivity contribution in [2.45, 2.75) is 13.5 Å². The van der Waals surface area contributed by atoms with Gasteiger partial charge in [0.15, 0.2) is 0 Å². The molecule has 0 aliphatic rings. The standard InChI is InChI=1S/C11H17NO4/c1-3-12-6-7-15-8-9-4-5-10(16-9)11(13)14-2/h4-5,12H,3,6-8H2,1-2H3. The molecule has 5 nitrogen and oxygen atoms in total. The number of nitrogens with one attached hydrogen (secondary N) is 1. The Morgan fingerprint density at radius 1 is 1.50 bits per heavy atom. The highest BCUT2D eigenvalue weighted by molar-refractivity contribution is 5.86. The summed E-state index contributed by atoms with van der Waals surface area (Å²) in [7, 11) is 1.32. The van der Waals surface area contributed by atoms with E-state index in [0.717, 1.165) is 13.1 Å². The van der Waals surface area contributed by atoms with Gasteiger partial charge in [-0.2, -0.15) is 0 Å². The molecule has 0 spiro atoms. The van der Waals surface area contributed by atoms with Crippen molar-refractivity contribution in [3.63, 3.8) is 0 Å². The van der Waals surface area contributed by atoms with E-state index >= 15 is 0 Å². The summed E-state index contributed by atoms with van der Waals surface area (Å²) in [6.45, 7) is 4.75. The minimum atomic E-state index is -0.473. The van der Waals surface area contributed by atoms with E-state index in [4.69, 9.17) is 9.15 Å². The average molecular weight is 227 g/mol. The summed E-state index contributed by atoms with van der Waals surface area (Å²) in [5, 5.41) is 3.14. The molecule has 0 unspecified atom stereocenters. The lowest BCUT2D eigenvalue weighted by atomic mass is 10.4. The predicted molar refractivity (Wildman–Crippen MR) is 58.2 cm³/mol. The number of carbonyl (C=O) groups is 1. The number of hydrogen-bond donors (Lipinski definition) is 1. The molecule has 16 heavy (non-hydrogen) atoms. The van der Waals surface area contributed by atoms with Crippen molar-refractivity contribution in [1.29, 1.82) is 0 Å². The van der Waals surface area contributed by atoms with Gasteiger partial charge in [-0.25, -0.2) is 4.79 Å². The van der Waals surface area contributed by atoms with Gasteiger partial charge >= 0.3 is 5.97 Å². The first-order valence-electron chi connectivity index (χ1n) is 5.23. The number of rotatable bonds is 7. The number of hydrogen-bond acceptors (Lipinski definition) is 5. The predicted octanol–water partition coefficient (Wildman–Crippen LogP) is 1.19. The van der Waals surface area contributed by atoms with Crippen molar-refractivity contribution >= 4 is 5.97 Å². The molecule has 0 saturated carbocycles. The van der Waals surface area contributed by atoms with Crippen molar-refractivity contribution < 1.29 is 18.7 Å². The van der Waals surface area contributed by atoms with Gasteiger partial charge in [-0.3, -0.25) is 0 Å². The Morgan fingerprint density at radius 3 is 3.00 bits per heavy atom. The van der Waals surface area contributed by atoms with Gasteiger partial charge in [0.25, 0.3) is 0 Å². The van der Waals surface area contributed by atoms with Crippen LogP contribution in [0.15, 0.2) is 16.5 Å². The van der Waals surface area contributed by atoms with E-state index < -0.39 is 5.97 Å². The maximum absolute atomic E-state index is 11.1. The van der Waals surface area contributed by atoms with Gasteiger partial charge in [-0.1, -0.05) is 6.92 Å². The summed E-state index contributed by atoms with van der Waals surface area (Å²) < 4.78 is 15.1. The van der Waals surface area contributed by atoms with Crippen LogP contribution in [-0.4, -0.2) is 32.8 Å². The maximum Gasteiger partial charge on any atom is 0.373 e. The molecule has 0 bridgehead atoms. The van der Waals surface area contributed by atoms with Gasteiger partial charge in [0.2, 0.25) is 5.76 Å². The topological polar surface area (TPSA) is 60.7 Å². The molecule has 5 heteroatoms. The Bertz CT molecular complexity index is 322. The van der Waals surface area contributed by atoms with E-state index in [0.29, 0.717) is 19.0 Å². The highest BCUT2D eigenvalue weighted by atomic mass is 16.5. The summed E-state index contributed by atoms with van der Waals surface area (Å²) in [5.74, 6) is 0.351. The van der Waals surface area contributed by atoms with Crippen LogP contribution in [0.25, 0.3) is 0 Å². The van der Waals surface area contributed by atoms with Crippen LogP contribution in [-0.2, 0) is 16.1 Å². The number of furan rings is 1. The van der Waals surface area contributed by atoms with Crippen LogP contribution < -0.4 is 5.32 Å². The van der Waals surface area contributed by atoms with E-state index in [-0.39, 0.29) is 5.76 Å². The Morgan fingerprint density at radius 2 is 2.31 bits per heavy atom. The van der Waals surface area contributed by atoms with Crippen LogP contribution in [0.1, 0.15) is 23.2 Å². The molecule has 0 amide bonds. The van der Waals surface area contributed by atoms with Crippen molar-refractivity contribution in [2.24, 2.45) is 0 Å². The Hall–Kier alpha value is -1.33. The summed E-state index contributed by atoms with van der Waals surface area (Å²) >= 11 is 0. The zero-order valence-corrected chi connectivity index (χ0v) is 9.62. The second-order valence-electron chi connectivity index (χ2n) is 3.16. The van der Waals surface area contributed by atoms with E-state index in [1.807, 2.05) is 6.92 Å². The molecular formula is C11H17NO4. The van der Waals surface area contributed by atoms with E-state index in [1.165, 1.54) is 7.11 Å². The smallest absolute Gasteiger partial charge is 0.373 e. The second kappa shape index (κ2) is 7.03. The molecule has 1 N–H and O–H groups in total. The quantitative estimate of drug-likeness (QED) is 0.560. The summed E-state index contributed by atoms with van der Waals surface area (Å²) in [5.41, 5.74) is 0. The first kappa shape index (κ1) is 12.7. The van der Waals surface area contributed by atoms with Crippen LogP contribution in [0.2, 0.25) is 0 Å². The molecule has 0 radical (unpaired) electrons. The van der Waals surface area contributed by atoms with E-state index in [2.05, 4.69) is 10.1 Å². The maximum atomic E-state index is 11.1. The van der Waals surface area contributed by atoms with Crippen molar-refractivity contribution in [1.82, 2.24) is 5.32 Å². The molecule has 90 valence electrons. The lowest BCUT2D eigenvalue weighted by molar-refractivity contribution is 0.0553. The molecule has 0 aromatic carbocycles. The number of likely N-dealkylation sites (N-methyl/N-ethyl adjacent to an activating group) is 1. The monoisotopic (exact) mass is 227 g/mol. The van der Waals surface area contributed by atoms with Crippen molar-refractivity contribution in [3.05, 3.63) is 23.7 Å². The van der Waals surface area contributed by atoms with E-state index in [1.54, 1.807) is 12.1 Å². The highest BCUT2D eigenvalue weighted by Gasteiger charge is 2.10. The summed E-state index contributed by atoms with van der Waals surface area (Å²) in [4.78, 5) is 11.1. The molecular weight excluding hydrogens is 210 g/mol. The fraction of sp³-hybridized carbons (Fsp3) is 0.545. The van der Waals surface area contributed by atoms with Crippen LogP contribution in [0.3, 0.4) is 0 Å². The van der Waals surface area contributed by atoms with Gasteiger partial charge in [0.1, 0.15) is 12.4 Å². The normalized spacial score (nSPS) is 10.4. The molecule has 0 atom stereocenters. The third-order valence-electron chi connectivity index (χ3n) is 1.97. The highest BCUT2D eigenvalue weighted by Crippen LogP contribution is 2.09. The number of carbonyl (C=O) groups excluding carboxylic acids is 1. The largest absolute Gasteiger partial charge is 0.463 e. The van der Waals surface area contributed by atoms with Crippen molar-refractivity contribution in [2.75, 3.05) is 26.8 Å². The van der Waals surface area contributed by atoms with Crippen molar-refractivity contribution in [3.8, 4) is 0 Å². The molecule has 0 saturated heterocycles. The molecule has 0 aliphatic carbocycles. The molecule has 0 aliphatic heterocycles. The lowest BCUT2D eigenvalue weighted by Crippen LogP contribution is -2.18. The van der Waals surface area contributed by atoms with Gasteiger partial charge in [-0.05, 0) is 18.7 Å². The van der Waals surface area contributed by atoms with E-state index in [9.17, 15) is 4.79 Å². The lowest BCUT2D eigenvalue weighted by Gasteiger charge is -2.02. The van der Waals surface area contributed by atoms with Crippen LogP contribution in [0, 0.1) is 0 Å². The number of ether oxygens (including phenoxy) is 2. The first-order chi connectivity index (χ1) is 7.77. The molecule has 1 heterocycles. The zero-order chi connectivity index (χ0) is 11.8. The number of methoxy groups -OCH3 is 1. The first-order valence-corrected chi connectivity index (χ1v) is 5.23. The summed E-state index contributed by atoms with van der Waals surface area (Å²) in [6.07, 6.45) is 0. The zero-order valence-electron chi connectivity index (χ0n) is 9.62. The third-order valence-corrected chi connectivity index (χ3v) is 1.97. The molecule has 1 aromatic heterocycles. The Labute approximate surface area is 94.7 Å². The molecule has 1 rings (SSSR count). The number of esters is 1. The van der Waals surface area contributed by atoms with Gasteiger partial charge in [0, 0.05) is 6.54 Å². The minimum Gasteiger partial charge on any atom is -0.463 e. The Kier molecular flexibility index (Phi) is 5.60. The van der Waals surface area contributed by atoms with Gasteiger partial charge in [-0.15, -0.1) is 0 Å². The van der Waals surface area contributed by atoms with Crippen LogP contribution in [0.5, 0.6) is 0 Å². The third kappa shape index (κ3) is 4.04. The Balaban J connectivity index is 2.27. The SMILES string of the molecule is CCNCCOCc1ccc(C(=O)OC)o1. The minimum absolute atomic E-state index is 0.202. The molecule has 0 fully saturated rings. The fourth-order valence-corrected chi connectivity index (χ4v) is 1.16. The van der Waals surface area contributed by atoms with Crippen LogP contribution >= 0.6 is 0 Å². The average Bonchev–Trinajstić information content (AvgIpc) is 2.76. The fourth-order valence-electron chi connectivity index (χ4n) is 1.16.